The average molecular weight is 249 g/mol. The van der Waals surface area contributed by atoms with Crippen LogP contribution in [0.1, 0.15) is 18.1 Å². The van der Waals surface area contributed by atoms with Crippen LogP contribution in [0.25, 0.3) is 0 Å². The lowest BCUT2D eigenvalue weighted by Crippen LogP contribution is -2.19. The van der Waals surface area contributed by atoms with E-state index in [2.05, 4.69) is 24.0 Å². The van der Waals surface area contributed by atoms with Crippen molar-refractivity contribution in [2.24, 2.45) is 0 Å². The molecule has 0 spiro atoms. The summed E-state index contributed by atoms with van der Waals surface area (Å²) >= 11 is 5.64. The largest absolute Gasteiger partial charge is 0.295 e. The lowest BCUT2D eigenvalue weighted by Gasteiger charge is -2.05. The number of rotatable bonds is 3. The zero-order valence-corrected chi connectivity index (χ0v) is 10.3. The highest BCUT2D eigenvalue weighted by Crippen LogP contribution is 2.06. The lowest BCUT2D eigenvalue weighted by atomic mass is 10.1. The highest BCUT2D eigenvalue weighted by Gasteiger charge is 1.99. The molecule has 0 fully saturated rings. The van der Waals surface area contributed by atoms with Crippen LogP contribution in [0.5, 0.6) is 0 Å². The Morgan fingerprint density at radius 1 is 1.24 bits per heavy atom. The number of aryl methyl sites for hydroxylation is 1. The van der Waals surface area contributed by atoms with E-state index in [0.717, 1.165) is 12.0 Å². The molecule has 1 heterocycles. The molecule has 0 amide bonds. The first-order valence-electron chi connectivity index (χ1n) is 5.49. The number of halogens is 1. The standard InChI is InChI=1S/C13H13ClN2O/c1-2-10-3-5-11(6-4-10)8-16-9-15-12(14)7-13(16)17/h3-7,9H,2,8H2,1H3. The topological polar surface area (TPSA) is 34.9 Å². The highest BCUT2D eigenvalue weighted by atomic mass is 35.5. The maximum atomic E-state index is 11.6. The normalized spacial score (nSPS) is 10.5. The zero-order valence-electron chi connectivity index (χ0n) is 9.56. The quantitative estimate of drug-likeness (QED) is 0.783. The Morgan fingerprint density at radius 3 is 2.47 bits per heavy atom. The first kappa shape index (κ1) is 11.9. The third-order valence-corrected chi connectivity index (χ3v) is 2.84. The Kier molecular flexibility index (Phi) is 3.59. The third-order valence-electron chi connectivity index (χ3n) is 2.63. The smallest absolute Gasteiger partial charge is 0.255 e. The number of hydrogen-bond acceptors (Lipinski definition) is 2. The molecule has 0 atom stereocenters. The monoisotopic (exact) mass is 248 g/mol. The van der Waals surface area contributed by atoms with Gasteiger partial charge in [0.05, 0.1) is 12.9 Å². The Balaban J connectivity index is 2.22. The van der Waals surface area contributed by atoms with Crippen LogP contribution in [0.15, 0.2) is 41.5 Å². The number of nitrogens with zero attached hydrogens (tertiary/aromatic N) is 2. The highest BCUT2D eigenvalue weighted by molar-refractivity contribution is 6.29. The van der Waals surface area contributed by atoms with Crippen LogP contribution in [0, 0.1) is 0 Å². The van der Waals surface area contributed by atoms with Crippen molar-refractivity contribution >= 4 is 11.6 Å². The molecular formula is C13H13ClN2O. The Morgan fingerprint density at radius 2 is 1.88 bits per heavy atom. The molecule has 0 N–H and O–H groups in total. The van der Waals surface area contributed by atoms with Gasteiger partial charge in [-0.1, -0.05) is 42.8 Å². The molecule has 0 aliphatic heterocycles. The van der Waals surface area contributed by atoms with Gasteiger partial charge in [0, 0.05) is 6.07 Å². The van der Waals surface area contributed by atoms with Gasteiger partial charge in [0.2, 0.25) is 0 Å². The Hall–Kier alpha value is -1.61. The predicted molar refractivity (Wildman–Crippen MR) is 68.4 cm³/mol. The van der Waals surface area contributed by atoms with Gasteiger partial charge in [0.15, 0.2) is 0 Å². The molecule has 0 unspecified atom stereocenters. The van der Waals surface area contributed by atoms with Crippen LogP contribution < -0.4 is 5.56 Å². The van der Waals surface area contributed by atoms with Crippen LogP contribution in [0.2, 0.25) is 5.15 Å². The molecule has 0 bridgehead atoms. The van der Waals surface area contributed by atoms with E-state index in [1.54, 1.807) is 0 Å². The SMILES string of the molecule is CCc1ccc(Cn2cnc(Cl)cc2=O)cc1. The predicted octanol–water partition coefficient (Wildman–Crippen LogP) is 2.51. The van der Waals surface area contributed by atoms with E-state index in [4.69, 9.17) is 11.6 Å². The van der Waals surface area contributed by atoms with Crippen LogP contribution in [0.4, 0.5) is 0 Å². The maximum Gasteiger partial charge on any atom is 0.255 e. The molecule has 17 heavy (non-hydrogen) atoms. The van der Waals surface area contributed by atoms with E-state index in [1.165, 1.54) is 22.5 Å². The van der Waals surface area contributed by atoms with Crippen molar-refractivity contribution in [3.63, 3.8) is 0 Å². The van der Waals surface area contributed by atoms with Crippen molar-refractivity contribution in [3.8, 4) is 0 Å². The van der Waals surface area contributed by atoms with Gasteiger partial charge in [-0.2, -0.15) is 0 Å². The molecule has 3 nitrogen and oxygen atoms in total. The third kappa shape index (κ3) is 2.94. The van der Waals surface area contributed by atoms with Crippen LogP contribution >= 0.6 is 11.6 Å². The molecule has 4 heteroatoms. The summed E-state index contributed by atoms with van der Waals surface area (Å²) in [7, 11) is 0. The summed E-state index contributed by atoms with van der Waals surface area (Å²) in [6, 6.07) is 9.52. The van der Waals surface area contributed by atoms with Crippen molar-refractivity contribution in [2.75, 3.05) is 0 Å². The van der Waals surface area contributed by atoms with Gasteiger partial charge in [0.25, 0.3) is 5.56 Å². The molecule has 88 valence electrons. The molecule has 0 saturated heterocycles. The summed E-state index contributed by atoms with van der Waals surface area (Å²) in [6.07, 6.45) is 2.49. The molecule has 0 aliphatic rings. The van der Waals surface area contributed by atoms with E-state index in [1.807, 2.05) is 12.1 Å². The maximum absolute atomic E-state index is 11.6. The van der Waals surface area contributed by atoms with E-state index in [9.17, 15) is 4.79 Å². The van der Waals surface area contributed by atoms with Crippen molar-refractivity contribution in [3.05, 3.63) is 63.3 Å². The summed E-state index contributed by atoms with van der Waals surface area (Å²) in [5.41, 5.74) is 2.23. The van der Waals surface area contributed by atoms with Gasteiger partial charge in [-0.15, -0.1) is 0 Å². The molecule has 1 aromatic heterocycles. The fourth-order valence-electron chi connectivity index (χ4n) is 1.60. The van der Waals surface area contributed by atoms with Gasteiger partial charge < -0.3 is 0 Å². The van der Waals surface area contributed by atoms with E-state index in [-0.39, 0.29) is 10.7 Å². The van der Waals surface area contributed by atoms with E-state index >= 15 is 0 Å². The van der Waals surface area contributed by atoms with E-state index < -0.39 is 0 Å². The van der Waals surface area contributed by atoms with Crippen LogP contribution in [-0.2, 0) is 13.0 Å². The van der Waals surface area contributed by atoms with Crippen LogP contribution in [0.3, 0.4) is 0 Å². The Labute approximate surface area is 105 Å². The molecule has 1 aromatic carbocycles. The first-order valence-corrected chi connectivity index (χ1v) is 5.86. The summed E-state index contributed by atoms with van der Waals surface area (Å²) in [4.78, 5) is 15.5. The van der Waals surface area contributed by atoms with E-state index in [0.29, 0.717) is 6.54 Å². The zero-order chi connectivity index (χ0) is 12.3. The second-order valence-corrected chi connectivity index (χ2v) is 4.24. The molecular weight excluding hydrogens is 236 g/mol. The summed E-state index contributed by atoms with van der Waals surface area (Å²) in [6.45, 7) is 2.63. The molecule has 0 saturated carbocycles. The van der Waals surface area contributed by atoms with Crippen molar-refractivity contribution in [2.45, 2.75) is 19.9 Å². The molecule has 2 aromatic rings. The van der Waals surface area contributed by atoms with Crippen molar-refractivity contribution in [1.82, 2.24) is 9.55 Å². The van der Waals surface area contributed by atoms with Crippen molar-refractivity contribution < 1.29 is 0 Å². The van der Waals surface area contributed by atoms with Gasteiger partial charge in [-0.25, -0.2) is 4.98 Å². The summed E-state index contributed by atoms with van der Waals surface area (Å²) in [5, 5.41) is 0.229. The number of benzene rings is 1. The number of hydrogen-bond donors (Lipinski definition) is 0. The minimum Gasteiger partial charge on any atom is -0.295 e. The number of aromatic nitrogens is 2. The molecule has 0 radical (unpaired) electrons. The molecule has 2 rings (SSSR count). The molecule has 0 aliphatic carbocycles. The fourth-order valence-corrected chi connectivity index (χ4v) is 1.74. The van der Waals surface area contributed by atoms with Crippen LogP contribution in [-0.4, -0.2) is 9.55 Å². The van der Waals surface area contributed by atoms with Crippen molar-refractivity contribution in [1.29, 1.82) is 0 Å². The fraction of sp³-hybridized carbons (Fsp3) is 0.231. The minimum atomic E-state index is -0.135. The lowest BCUT2D eigenvalue weighted by molar-refractivity contribution is 0.736. The van der Waals surface area contributed by atoms with Gasteiger partial charge in [-0.05, 0) is 17.5 Å². The first-order chi connectivity index (χ1) is 8.19. The Bertz CT molecular complexity index is 560. The average Bonchev–Trinajstić information content (AvgIpc) is 2.34. The summed E-state index contributed by atoms with van der Waals surface area (Å²) in [5.74, 6) is 0. The van der Waals surface area contributed by atoms with Gasteiger partial charge in [0.1, 0.15) is 5.15 Å². The second-order valence-electron chi connectivity index (χ2n) is 3.85. The summed E-state index contributed by atoms with van der Waals surface area (Å²) < 4.78 is 1.53. The minimum absolute atomic E-state index is 0.135. The van der Waals surface area contributed by atoms with Gasteiger partial charge in [-0.3, -0.25) is 9.36 Å². The van der Waals surface area contributed by atoms with Gasteiger partial charge >= 0.3 is 0 Å². The second kappa shape index (κ2) is 5.15.